The van der Waals surface area contributed by atoms with Gasteiger partial charge in [0.1, 0.15) is 0 Å². The van der Waals surface area contributed by atoms with Gasteiger partial charge in [-0.1, -0.05) is 27.7 Å². The van der Waals surface area contributed by atoms with Crippen molar-refractivity contribution in [1.29, 1.82) is 0 Å². The Bertz CT molecular complexity index is 233. The number of hydrogen-bond donors (Lipinski definition) is 1. The smallest absolute Gasteiger partial charge is 0.0467 e. The zero-order chi connectivity index (χ0) is 14.3. The molecule has 1 heterocycles. The molecular weight excluding hydrogens is 236 g/mol. The Labute approximate surface area is 120 Å². The van der Waals surface area contributed by atoms with E-state index in [1.54, 1.807) is 7.11 Å². The molecule has 0 saturated carbocycles. The summed E-state index contributed by atoms with van der Waals surface area (Å²) in [6.45, 7) is 15.0. The molecule has 19 heavy (non-hydrogen) atoms. The number of hydrogen-bond acceptors (Lipinski definition) is 3. The number of methoxy groups -OCH3 is 1. The van der Waals surface area contributed by atoms with Crippen molar-refractivity contribution in [3.63, 3.8) is 0 Å². The van der Waals surface area contributed by atoms with Crippen LogP contribution < -0.4 is 5.32 Å². The molecule has 0 atom stereocenters. The zero-order valence-electron chi connectivity index (χ0n) is 13.7. The van der Waals surface area contributed by atoms with E-state index in [0.29, 0.717) is 11.5 Å². The molecule has 3 nitrogen and oxygen atoms in total. The lowest BCUT2D eigenvalue weighted by Gasteiger charge is -2.35. The lowest BCUT2D eigenvalue weighted by molar-refractivity contribution is 0.140. The molecule has 1 aliphatic heterocycles. The van der Waals surface area contributed by atoms with Crippen molar-refractivity contribution in [2.75, 3.05) is 39.9 Å². The molecule has 3 heteroatoms. The summed E-state index contributed by atoms with van der Waals surface area (Å²) in [5.41, 5.74) is 0.338. The number of rotatable bonds is 8. The van der Waals surface area contributed by atoms with Crippen molar-refractivity contribution in [3.8, 4) is 0 Å². The molecule has 0 aromatic heterocycles. The maximum Gasteiger partial charge on any atom is 0.0467 e. The van der Waals surface area contributed by atoms with Crippen LogP contribution in [0.5, 0.6) is 0 Å². The molecule has 1 N–H and O–H groups in total. The van der Waals surface area contributed by atoms with E-state index in [2.05, 4.69) is 37.9 Å². The average Bonchev–Trinajstić information content (AvgIpc) is 2.35. The van der Waals surface area contributed by atoms with Gasteiger partial charge < -0.3 is 15.0 Å². The molecule has 0 radical (unpaired) electrons. The third-order valence-corrected chi connectivity index (χ3v) is 4.06. The molecule has 0 aliphatic carbocycles. The molecule has 0 aromatic rings. The van der Waals surface area contributed by atoms with Crippen LogP contribution in [-0.4, -0.2) is 50.8 Å². The monoisotopic (exact) mass is 270 g/mol. The van der Waals surface area contributed by atoms with Crippen LogP contribution in [0.25, 0.3) is 0 Å². The first-order chi connectivity index (χ1) is 8.93. The third-order valence-electron chi connectivity index (χ3n) is 4.06. The van der Waals surface area contributed by atoms with Gasteiger partial charge in [0.25, 0.3) is 0 Å². The Morgan fingerprint density at radius 3 is 2.42 bits per heavy atom. The van der Waals surface area contributed by atoms with Crippen molar-refractivity contribution in [1.82, 2.24) is 10.2 Å². The maximum atomic E-state index is 5.19. The van der Waals surface area contributed by atoms with Gasteiger partial charge in [0.2, 0.25) is 0 Å². The first kappa shape index (κ1) is 16.9. The van der Waals surface area contributed by atoms with Crippen LogP contribution in [-0.2, 0) is 4.74 Å². The summed E-state index contributed by atoms with van der Waals surface area (Å²) < 4.78 is 5.19. The number of piperidine rings is 1. The van der Waals surface area contributed by atoms with Crippen LogP contribution in [0.3, 0.4) is 0 Å². The van der Waals surface area contributed by atoms with E-state index < -0.39 is 0 Å². The molecule has 0 bridgehead atoms. The van der Waals surface area contributed by atoms with Gasteiger partial charge in [0.15, 0.2) is 0 Å². The van der Waals surface area contributed by atoms with Crippen LogP contribution in [0.1, 0.15) is 47.0 Å². The summed E-state index contributed by atoms with van der Waals surface area (Å²) in [6, 6.07) is 0.713. The van der Waals surface area contributed by atoms with E-state index in [1.807, 2.05) is 0 Å². The van der Waals surface area contributed by atoms with E-state index >= 15 is 0 Å². The zero-order valence-corrected chi connectivity index (χ0v) is 13.7. The Hall–Kier alpha value is -0.120. The molecule has 0 unspecified atom stereocenters. The van der Waals surface area contributed by atoms with Crippen molar-refractivity contribution >= 4 is 0 Å². The minimum absolute atomic E-state index is 0.338. The summed E-state index contributed by atoms with van der Waals surface area (Å²) in [4.78, 5) is 2.61. The Kier molecular flexibility index (Phi) is 7.33. The van der Waals surface area contributed by atoms with Crippen LogP contribution in [0, 0.1) is 11.3 Å². The normalized spacial score (nSPS) is 19.3. The largest absolute Gasteiger partial charge is 0.385 e. The predicted molar refractivity (Wildman–Crippen MR) is 82.6 cm³/mol. The van der Waals surface area contributed by atoms with E-state index in [4.69, 9.17) is 4.74 Å². The van der Waals surface area contributed by atoms with E-state index in [-0.39, 0.29) is 0 Å². The van der Waals surface area contributed by atoms with Crippen molar-refractivity contribution in [2.45, 2.75) is 53.0 Å². The van der Waals surface area contributed by atoms with Crippen LogP contribution in [0.4, 0.5) is 0 Å². The fourth-order valence-corrected chi connectivity index (χ4v) is 2.72. The summed E-state index contributed by atoms with van der Waals surface area (Å²) in [5.74, 6) is 0.789. The maximum absolute atomic E-state index is 5.19. The lowest BCUT2D eigenvalue weighted by atomic mass is 9.89. The molecule has 1 saturated heterocycles. The minimum atomic E-state index is 0.338. The topological polar surface area (TPSA) is 24.5 Å². The molecule has 0 spiro atoms. The van der Waals surface area contributed by atoms with Gasteiger partial charge in [0, 0.05) is 32.8 Å². The summed E-state index contributed by atoms with van der Waals surface area (Å²) >= 11 is 0. The second-order valence-electron chi connectivity index (χ2n) is 7.26. The van der Waals surface area contributed by atoms with E-state index in [0.717, 1.165) is 25.5 Å². The minimum Gasteiger partial charge on any atom is -0.385 e. The fourth-order valence-electron chi connectivity index (χ4n) is 2.72. The van der Waals surface area contributed by atoms with E-state index in [9.17, 15) is 0 Å². The standard InChI is InChI=1S/C16H34N2O/c1-14(2)12-18-9-6-15(7-10-18)17-13-16(3,4)8-11-19-5/h14-15,17H,6-13H2,1-5H3. The average molecular weight is 270 g/mol. The summed E-state index contributed by atoms with van der Waals surface area (Å²) in [7, 11) is 1.79. The van der Waals surface area contributed by atoms with Crippen LogP contribution in [0.15, 0.2) is 0 Å². The number of nitrogens with zero attached hydrogens (tertiary/aromatic N) is 1. The van der Waals surface area contributed by atoms with Gasteiger partial charge in [0.05, 0.1) is 0 Å². The van der Waals surface area contributed by atoms with Gasteiger partial charge >= 0.3 is 0 Å². The molecule has 0 aromatic carbocycles. The van der Waals surface area contributed by atoms with E-state index in [1.165, 1.54) is 32.5 Å². The Morgan fingerprint density at radius 2 is 1.89 bits per heavy atom. The molecule has 1 fully saturated rings. The highest BCUT2D eigenvalue weighted by molar-refractivity contribution is 4.80. The van der Waals surface area contributed by atoms with Gasteiger partial charge in [-0.05, 0) is 43.7 Å². The van der Waals surface area contributed by atoms with Gasteiger partial charge in [-0.15, -0.1) is 0 Å². The number of ether oxygens (including phenoxy) is 1. The third kappa shape index (κ3) is 7.28. The second-order valence-corrected chi connectivity index (χ2v) is 7.26. The highest BCUT2D eigenvalue weighted by Crippen LogP contribution is 2.20. The molecule has 1 aliphatic rings. The van der Waals surface area contributed by atoms with Crippen LogP contribution >= 0.6 is 0 Å². The highest BCUT2D eigenvalue weighted by Gasteiger charge is 2.23. The van der Waals surface area contributed by atoms with Crippen molar-refractivity contribution < 1.29 is 4.74 Å². The SMILES string of the molecule is COCCC(C)(C)CNC1CCN(CC(C)C)CC1. The Morgan fingerprint density at radius 1 is 1.26 bits per heavy atom. The Balaban J connectivity index is 2.18. The van der Waals surface area contributed by atoms with Crippen LogP contribution in [0.2, 0.25) is 0 Å². The van der Waals surface area contributed by atoms with Gasteiger partial charge in [-0.2, -0.15) is 0 Å². The van der Waals surface area contributed by atoms with Crippen molar-refractivity contribution in [2.24, 2.45) is 11.3 Å². The van der Waals surface area contributed by atoms with Crippen molar-refractivity contribution in [3.05, 3.63) is 0 Å². The van der Waals surface area contributed by atoms with Gasteiger partial charge in [-0.3, -0.25) is 0 Å². The number of nitrogens with one attached hydrogen (secondary N) is 1. The molecule has 1 rings (SSSR count). The molecule has 0 amide bonds. The highest BCUT2D eigenvalue weighted by atomic mass is 16.5. The summed E-state index contributed by atoms with van der Waals surface area (Å²) in [6.07, 6.45) is 3.73. The first-order valence-electron chi connectivity index (χ1n) is 7.87. The molecule has 114 valence electrons. The van der Waals surface area contributed by atoms with Gasteiger partial charge in [-0.25, -0.2) is 0 Å². The fraction of sp³-hybridized carbons (Fsp3) is 1.00. The number of likely N-dealkylation sites (tertiary alicyclic amines) is 1. The quantitative estimate of drug-likeness (QED) is 0.734. The first-order valence-corrected chi connectivity index (χ1v) is 7.87. The molecular formula is C16H34N2O. The summed E-state index contributed by atoms with van der Waals surface area (Å²) in [5, 5.41) is 3.76. The lowest BCUT2D eigenvalue weighted by Crippen LogP contribution is -2.46. The second kappa shape index (κ2) is 8.23. The predicted octanol–water partition coefficient (Wildman–Crippen LogP) is 2.76.